The van der Waals surface area contributed by atoms with Gasteiger partial charge in [-0.2, -0.15) is 5.10 Å². The third kappa shape index (κ3) is 4.50. The Morgan fingerprint density at radius 3 is 2.70 bits per heavy atom. The molecular formula is C19H26N4O3S. The largest absolute Gasteiger partial charge is 0.352 e. The van der Waals surface area contributed by atoms with Gasteiger partial charge in [0.15, 0.2) is 0 Å². The Morgan fingerprint density at radius 2 is 2.04 bits per heavy atom. The number of aryl methyl sites for hydroxylation is 4. The van der Waals surface area contributed by atoms with Crippen molar-refractivity contribution in [1.29, 1.82) is 0 Å². The molecule has 1 aliphatic rings. The second kappa shape index (κ2) is 7.72. The number of carbonyl (C=O) groups is 1. The number of carbonyl (C=O) groups excluding carboxylic acids is 1. The van der Waals surface area contributed by atoms with Crippen molar-refractivity contribution < 1.29 is 13.2 Å². The number of nitrogens with zero attached hydrogens (tertiary/aromatic N) is 3. The van der Waals surface area contributed by atoms with E-state index in [1.807, 2.05) is 30.7 Å². The van der Waals surface area contributed by atoms with Crippen LogP contribution < -0.4 is 9.62 Å². The monoisotopic (exact) mass is 390 g/mol. The Balaban J connectivity index is 1.60. The quantitative estimate of drug-likeness (QED) is 0.765. The van der Waals surface area contributed by atoms with Gasteiger partial charge in [-0.1, -0.05) is 0 Å². The van der Waals surface area contributed by atoms with Crippen LogP contribution in [-0.4, -0.2) is 43.5 Å². The molecule has 0 radical (unpaired) electrons. The van der Waals surface area contributed by atoms with E-state index in [0.29, 0.717) is 24.3 Å². The van der Waals surface area contributed by atoms with E-state index < -0.39 is 10.0 Å². The van der Waals surface area contributed by atoms with Gasteiger partial charge in [0.2, 0.25) is 10.0 Å². The summed E-state index contributed by atoms with van der Waals surface area (Å²) in [5.74, 6) is -0.136. The first-order valence-corrected chi connectivity index (χ1v) is 11.0. The lowest BCUT2D eigenvalue weighted by Crippen LogP contribution is -2.34. The molecule has 0 atom stereocenters. The summed E-state index contributed by atoms with van der Waals surface area (Å²) in [6.07, 6.45) is 3.54. The highest BCUT2D eigenvalue weighted by atomic mass is 32.2. The average molecular weight is 391 g/mol. The maximum absolute atomic E-state index is 12.4. The van der Waals surface area contributed by atoms with Crippen molar-refractivity contribution in [3.05, 3.63) is 46.8 Å². The van der Waals surface area contributed by atoms with E-state index >= 15 is 0 Å². The number of nitrogens with one attached hydrogen (secondary N) is 1. The summed E-state index contributed by atoms with van der Waals surface area (Å²) in [6.45, 7) is 5.79. The third-order valence-corrected chi connectivity index (χ3v) is 5.93. The molecule has 0 unspecified atom stereocenters. The summed E-state index contributed by atoms with van der Waals surface area (Å²) in [5.41, 5.74) is 4.26. The molecule has 0 saturated heterocycles. The number of amides is 1. The molecule has 0 spiro atoms. The second-order valence-electron chi connectivity index (χ2n) is 7.04. The van der Waals surface area contributed by atoms with Gasteiger partial charge in [0.05, 0.1) is 17.6 Å². The minimum absolute atomic E-state index is 0.136. The molecule has 3 rings (SSSR count). The van der Waals surface area contributed by atoms with Gasteiger partial charge in [0, 0.05) is 30.9 Å². The zero-order valence-corrected chi connectivity index (χ0v) is 16.8. The van der Waals surface area contributed by atoms with Crippen LogP contribution in [0, 0.1) is 13.8 Å². The van der Waals surface area contributed by atoms with Crippen LogP contribution in [0.3, 0.4) is 0 Å². The highest BCUT2D eigenvalue weighted by Crippen LogP contribution is 2.29. The average Bonchev–Trinajstić information content (AvgIpc) is 2.94. The molecule has 1 amide bonds. The summed E-state index contributed by atoms with van der Waals surface area (Å²) in [7, 11) is -3.29. The Labute approximate surface area is 160 Å². The second-order valence-corrected chi connectivity index (χ2v) is 8.95. The number of hydrogen-bond acceptors (Lipinski definition) is 4. The van der Waals surface area contributed by atoms with Crippen molar-refractivity contribution >= 4 is 21.6 Å². The van der Waals surface area contributed by atoms with Gasteiger partial charge in [-0.15, -0.1) is 0 Å². The SMILES string of the molecule is Cc1cc(C)n(CCCNC(=O)c2ccc3c(c2)CCCN3S(C)(=O)=O)n1. The van der Waals surface area contributed by atoms with Crippen LogP contribution in [0.25, 0.3) is 0 Å². The molecule has 8 heteroatoms. The normalized spacial score (nSPS) is 14.1. The lowest BCUT2D eigenvalue weighted by atomic mass is 10.0. The Bertz CT molecular complexity index is 950. The zero-order chi connectivity index (χ0) is 19.6. The van der Waals surface area contributed by atoms with Crippen molar-refractivity contribution in [3.8, 4) is 0 Å². The third-order valence-electron chi connectivity index (χ3n) is 4.75. The van der Waals surface area contributed by atoms with Gasteiger partial charge in [0.1, 0.15) is 0 Å². The summed E-state index contributed by atoms with van der Waals surface area (Å²) in [4.78, 5) is 12.4. The van der Waals surface area contributed by atoms with E-state index in [2.05, 4.69) is 10.4 Å². The first kappa shape index (κ1) is 19.4. The highest BCUT2D eigenvalue weighted by Gasteiger charge is 2.24. The van der Waals surface area contributed by atoms with Crippen LogP contribution in [0.5, 0.6) is 0 Å². The van der Waals surface area contributed by atoms with E-state index in [1.54, 1.807) is 12.1 Å². The van der Waals surface area contributed by atoms with Crippen molar-refractivity contribution in [1.82, 2.24) is 15.1 Å². The molecule has 0 aliphatic carbocycles. The van der Waals surface area contributed by atoms with E-state index in [-0.39, 0.29) is 5.91 Å². The molecule has 7 nitrogen and oxygen atoms in total. The summed E-state index contributed by atoms with van der Waals surface area (Å²) in [5, 5.41) is 7.34. The van der Waals surface area contributed by atoms with Gasteiger partial charge in [0.25, 0.3) is 5.91 Å². The Morgan fingerprint density at radius 1 is 1.26 bits per heavy atom. The van der Waals surface area contributed by atoms with Crippen LogP contribution >= 0.6 is 0 Å². The Kier molecular flexibility index (Phi) is 5.55. The molecular weight excluding hydrogens is 364 g/mol. The van der Waals surface area contributed by atoms with Crippen LogP contribution in [-0.2, 0) is 23.0 Å². The molecule has 27 heavy (non-hydrogen) atoms. The van der Waals surface area contributed by atoms with E-state index in [9.17, 15) is 13.2 Å². The van der Waals surface area contributed by atoms with Crippen molar-refractivity contribution in [2.75, 3.05) is 23.7 Å². The van der Waals surface area contributed by atoms with Crippen molar-refractivity contribution in [3.63, 3.8) is 0 Å². The highest BCUT2D eigenvalue weighted by molar-refractivity contribution is 7.92. The smallest absolute Gasteiger partial charge is 0.251 e. The first-order chi connectivity index (χ1) is 12.8. The van der Waals surface area contributed by atoms with E-state index in [4.69, 9.17) is 0 Å². The number of fused-ring (bicyclic) bond motifs is 1. The number of rotatable bonds is 6. The Hall–Kier alpha value is -2.35. The number of benzene rings is 1. The fraction of sp³-hybridized carbons (Fsp3) is 0.474. The predicted molar refractivity (Wildman–Crippen MR) is 106 cm³/mol. The van der Waals surface area contributed by atoms with Gasteiger partial charge < -0.3 is 5.32 Å². The van der Waals surface area contributed by atoms with Crippen LogP contribution in [0.15, 0.2) is 24.3 Å². The van der Waals surface area contributed by atoms with Crippen LogP contribution in [0.2, 0.25) is 0 Å². The molecule has 0 bridgehead atoms. The van der Waals surface area contributed by atoms with Crippen LogP contribution in [0.1, 0.15) is 40.2 Å². The molecule has 1 aromatic heterocycles. The number of sulfonamides is 1. The lowest BCUT2D eigenvalue weighted by molar-refractivity contribution is 0.0952. The summed E-state index contributed by atoms with van der Waals surface area (Å²) in [6, 6.07) is 7.27. The van der Waals surface area contributed by atoms with E-state index in [1.165, 1.54) is 10.6 Å². The topological polar surface area (TPSA) is 84.3 Å². The van der Waals surface area contributed by atoms with Gasteiger partial charge in [-0.05, 0) is 62.9 Å². The zero-order valence-electron chi connectivity index (χ0n) is 16.0. The molecule has 146 valence electrons. The number of hydrogen-bond donors (Lipinski definition) is 1. The molecule has 2 aromatic rings. The van der Waals surface area contributed by atoms with Crippen LogP contribution in [0.4, 0.5) is 5.69 Å². The minimum atomic E-state index is -3.29. The molecule has 1 N–H and O–H groups in total. The maximum Gasteiger partial charge on any atom is 0.251 e. The van der Waals surface area contributed by atoms with Gasteiger partial charge in [-0.3, -0.25) is 13.8 Å². The van der Waals surface area contributed by atoms with Gasteiger partial charge >= 0.3 is 0 Å². The lowest BCUT2D eigenvalue weighted by Gasteiger charge is -2.29. The molecule has 1 aliphatic heterocycles. The van der Waals surface area contributed by atoms with Crippen molar-refractivity contribution in [2.24, 2.45) is 0 Å². The van der Waals surface area contributed by atoms with E-state index in [0.717, 1.165) is 42.8 Å². The fourth-order valence-corrected chi connectivity index (χ4v) is 4.48. The molecule has 0 fully saturated rings. The minimum Gasteiger partial charge on any atom is -0.352 e. The molecule has 1 aromatic carbocycles. The van der Waals surface area contributed by atoms with Crippen molar-refractivity contribution in [2.45, 2.75) is 39.7 Å². The maximum atomic E-state index is 12.4. The number of anilines is 1. The predicted octanol–water partition coefficient (Wildman–Crippen LogP) is 2.03. The summed E-state index contributed by atoms with van der Waals surface area (Å²) >= 11 is 0. The fourth-order valence-electron chi connectivity index (χ4n) is 3.48. The molecule has 0 saturated carbocycles. The molecule has 2 heterocycles. The number of aromatic nitrogens is 2. The van der Waals surface area contributed by atoms with Gasteiger partial charge in [-0.25, -0.2) is 8.42 Å². The first-order valence-electron chi connectivity index (χ1n) is 9.15. The summed E-state index contributed by atoms with van der Waals surface area (Å²) < 4.78 is 27.2. The standard InChI is InChI=1S/C19H26N4O3S/c1-14-12-15(2)22(21-14)10-5-9-20-19(24)17-7-8-18-16(13-17)6-4-11-23(18)27(3,25)26/h7-8,12-13H,4-6,9-11H2,1-3H3,(H,20,24).